The number of nitrogens with one attached hydrogen (secondary N) is 1. The number of hydrogen-bond acceptors (Lipinski definition) is 4. The zero-order chi connectivity index (χ0) is 15.8. The highest BCUT2D eigenvalue weighted by molar-refractivity contribution is 5.79. The number of alkyl carbamates (subject to hydrolysis) is 1. The van der Waals surface area contributed by atoms with E-state index in [0.29, 0.717) is 19.6 Å². The maximum atomic E-state index is 11.8. The lowest BCUT2D eigenvalue weighted by atomic mass is 9.92. The summed E-state index contributed by atoms with van der Waals surface area (Å²) in [5.74, 6) is -0.785. The average molecular weight is 307 g/mol. The lowest BCUT2D eigenvalue weighted by Gasteiger charge is -2.25. The molecule has 1 saturated heterocycles. The first-order valence-corrected chi connectivity index (χ1v) is 7.43. The zero-order valence-corrected chi connectivity index (χ0v) is 12.4. The van der Waals surface area contributed by atoms with Gasteiger partial charge in [-0.1, -0.05) is 30.3 Å². The van der Waals surface area contributed by atoms with E-state index in [9.17, 15) is 14.7 Å². The summed E-state index contributed by atoms with van der Waals surface area (Å²) in [6.45, 7) is 1.42. The second-order valence-corrected chi connectivity index (χ2v) is 5.39. The van der Waals surface area contributed by atoms with E-state index in [-0.39, 0.29) is 12.5 Å². The van der Waals surface area contributed by atoms with Gasteiger partial charge in [-0.25, -0.2) is 9.59 Å². The molecule has 0 aromatic heterocycles. The monoisotopic (exact) mass is 307 g/mol. The lowest BCUT2D eigenvalue weighted by molar-refractivity contribution is -0.140. The molecular weight excluding hydrogens is 286 g/mol. The minimum absolute atomic E-state index is 0.121. The minimum atomic E-state index is -1.04. The van der Waals surface area contributed by atoms with Crippen molar-refractivity contribution >= 4 is 12.1 Å². The molecule has 1 aromatic carbocycles. The largest absolute Gasteiger partial charge is 0.480 e. The third-order valence-electron chi connectivity index (χ3n) is 3.71. The molecule has 1 amide bonds. The van der Waals surface area contributed by atoms with Gasteiger partial charge >= 0.3 is 12.1 Å². The Bertz CT molecular complexity index is 485. The van der Waals surface area contributed by atoms with Crippen molar-refractivity contribution in [2.24, 2.45) is 5.92 Å². The van der Waals surface area contributed by atoms with E-state index in [1.807, 2.05) is 30.3 Å². The third kappa shape index (κ3) is 5.37. The second-order valence-electron chi connectivity index (χ2n) is 5.39. The quantitative estimate of drug-likeness (QED) is 0.841. The number of carboxylic acids is 1. The SMILES string of the molecule is O=C(N[C@H](CC1CCOCC1)C(=O)O)OCc1ccccc1. The number of amides is 1. The fraction of sp³-hybridized carbons (Fsp3) is 0.500. The van der Waals surface area contributed by atoms with Crippen molar-refractivity contribution < 1.29 is 24.2 Å². The lowest BCUT2D eigenvalue weighted by Crippen LogP contribution is -2.42. The predicted molar refractivity (Wildman–Crippen MR) is 79.3 cm³/mol. The molecule has 1 aliphatic rings. The van der Waals surface area contributed by atoms with Crippen molar-refractivity contribution in [1.29, 1.82) is 0 Å². The molecule has 0 saturated carbocycles. The van der Waals surface area contributed by atoms with Crippen LogP contribution in [0.25, 0.3) is 0 Å². The highest BCUT2D eigenvalue weighted by Crippen LogP contribution is 2.20. The summed E-state index contributed by atoms with van der Waals surface area (Å²) in [6.07, 6.45) is 1.34. The summed E-state index contributed by atoms with van der Waals surface area (Å²) < 4.78 is 10.3. The Labute approximate surface area is 129 Å². The summed E-state index contributed by atoms with van der Waals surface area (Å²) in [7, 11) is 0. The number of carbonyl (C=O) groups is 2. The number of benzene rings is 1. The molecule has 6 heteroatoms. The van der Waals surface area contributed by atoms with Crippen LogP contribution in [0.15, 0.2) is 30.3 Å². The molecule has 6 nitrogen and oxygen atoms in total. The van der Waals surface area contributed by atoms with Gasteiger partial charge in [0.05, 0.1) is 0 Å². The van der Waals surface area contributed by atoms with Gasteiger partial charge < -0.3 is 19.9 Å². The number of carboxylic acid groups (broad SMARTS) is 1. The maximum Gasteiger partial charge on any atom is 0.408 e. The summed E-state index contributed by atoms with van der Waals surface area (Å²) in [4.78, 5) is 23.0. The van der Waals surface area contributed by atoms with Crippen molar-refractivity contribution in [3.8, 4) is 0 Å². The third-order valence-corrected chi connectivity index (χ3v) is 3.71. The summed E-state index contributed by atoms with van der Waals surface area (Å²) in [5, 5.41) is 11.7. The standard InChI is InChI=1S/C16H21NO5/c18-15(19)14(10-12-6-8-21-9-7-12)17-16(20)22-11-13-4-2-1-3-5-13/h1-5,12,14H,6-11H2,(H,17,20)(H,18,19)/t14-/m1/s1. The van der Waals surface area contributed by atoms with E-state index in [2.05, 4.69) is 5.32 Å². The first-order chi connectivity index (χ1) is 10.6. The van der Waals surface area contributed by atoms with Crippen LogP contribution in [0.5, 0.6) is 0 Å². The topological polar surface area (TPSA) is 84.9 Å². The van der Waals surface area contributed by atoms with Crippen molar-refractivity contribution in [1.82, 2.24) is 5.32 Å². The van der Waals surface area contributed by atoms with Crippen LogP contribution >= 0.6 is 0 Å². The summed E-state index contributed by atoms with van der Waals surface area (Å²) in [6, 6.07) is 8.32. The smallest absolute Gasteiger partial charge is 0.408 e. The minimum Gasteiger partial charge on any atom is -0.480 e. The van der Waals surface area contributed by atoms with Gasteiger partial charge in [-0.15, -0.1) is 0 Å². The molecule has 2 N–H and O–H groups in total. The molecule has 1 atom stereocenters. The molecule has 0 aliphatic carbocycles. The molecule has 1 fully saturated rings. The number of aliphatic carboxylic acids is 1. The van der Waals surface area contributed by atoms with Crippen LogP contribution in [-0.4, -0.2) is 36.4 Å². The molecular formula is C16H21NO5. The van der Waals surface area contributed by atoms with E-state index in [1.165, 1.54) is 0 Å². The van der Waals surface area contributed by atoms with Crippen molar-refractivity contribution in [3.63, 3.8) is 0 Å². The number of carbonyl (C=O) groups excluding carboxylic acids is 1. The highest BCUT2D eigenvalue weighted by atomic mass is 16.5. The average Bonchev–Trinajstić information content (AvgIpc) is 2.54. The Morgan fingerprint density at radius 1 is 1.27 bits per heavy atom. The zero-order valence-electron chi connectivity index (χ0n) is 12.4. The Morgan fingerprint density at radius 2 is 1.95 bits per heavy atom. The Kier molecular flexibility index (Phi) is 6.21. The van der Waals surface area contributed by atoms with Gasteiger partial charge in [-0.2, -0.15) is 0 Å². The van der Waals surface area contributed by atoms with Crippen molar-refractivity contribution in [2.45, 2.75) is 31.9 Å². The molecule has 0 radical (unpaired) electrons. The number of hydrogen-bond donors (Lipinski definition) is 2. The van der Waals surface area contributed by atoms with Crippen LogP contribution in [0.1, 0.15) is 24.8 Å². The Morgan fingerprint density at radius 3 is 2.59 bits per heavy atom. The number of ether oxygens (including phenoxy) is 2. The van der Waals surface area contributed by atoms with Gasteiger partial charge in [0, 0.05) is 13.2 Å². The van der Waals surface area contributed by atoms with E-state index in [4.69, 9.17) is 9.47 Å². The first kappa shape index (κ1) is 16.3. The molecule has 0 bridgehead atoms. The van der Waals surface area contributed by atoms with Gasteiger partial charge in [0.15, 0.2) is 0 Å². The van der Waals surface area contributed by atoms with Crippen LogP contribution < -0.4 is 5.32 Å². The first-order valence-electron chi connectivity index (χ1n) is 7.43. The molecule has 1 aromatic rings. The fourth-order valence-electron chi connectivity index (χ4n) is 2.44. The predicted octanol–water partition coefficient (Wildman–Crippen LogP) is 2.18. The van der Waals surface area contributed by atoms with Gasteiger partial charge in [0.25, 0.3) is 0 Å². The molecule has 22 heavy (non-hydrogen) atoms. The van der Waals surface area contributed by atoms with E-state index < -0.39 is 18.1 Å². The van der Waals surface area contributed by atoms with E-state index >= 15 is 0 Å². The molecule has 1 heterocycles. The molecule has 0 spiro atoms. The van der Waals surface area contributed by atoms with Crippen LogP contribution in [0.3, 0.4) is 0 Å². The maximum absolute atomic E-state index is 11.8. The Balaban J connectivity index is 1.79. The molecule has 0 unspecified atom stereocenters. The molecule has 1 aliphatic heterocycles. The number of rotatable bonds is 6. The van der Waals surface area contributed by atoms with Crippen LogP contribution in [-0.2, 0) is 20.9 Å². The van der Waals surface area contributed by atoms with Crippen LogP contribution in [0, 0.1) is 5.92 Å². The molecule has 120 valence electrons. The van der Waals surface area contributed by atoms with Crippen LogP contribution in [0.2, 0.25) is 0 Å². The van der Waals surface area contributed by atoms with Gasteiger partial charge in [0.1, 0.15) is 12.6 Å². The molecule has 2 rings (SSSR count). The highest BCUT2D eigenvalue weighted by Gasteiger charge is 2.26. The van der Waals surface area contributed by atoms with E-state index in [1.54, 1.807) is 0 Å². The van der Waals surface area contributed by atoms with Crippen molar-refractivity contribution in [2.75, 3.05) is 13.2 Å². The van der Waals surface area contributed by atoms with Crippen LogP contribution in [0.4, 0.5) is 4.79 Å². The van der Waals surface area contributed by atoms with Gasteiger partial charge in [-0.05, 0) is 30.7 Å². The fourth-order valence-corrected chi connectivity index (χ4v) is 2.44. The summed E-state index contributed by atoms with van der Waals surface area (Å²) >= 11 is 0. The second kappa shape index (κ2) is 8.38. The summed E-state index contributed by atoms with van der Waals surface area (Å²) in [5.41, 5.74) is 0.856. The Hall–Kier alpha value is -2.08. The van der Waals surface area contributed by atoms with E-state index in [0.717, 1.165) is 18.4 Å². The van der Waals surface area contributed by atoms with Gasteiger partial charge in [-0.3, -0.25) is 0 Å². The van der Waals surface area contributed by atoms with Crippen molar-refractivity contribution in [3.05, 3.63) is 35.9 Å². The van der Waals surface area contributed by atoms with Gasteiger partial charge in [0.2, 0.25) is 0 Å². The normalized spacial score (nSPS) is 16.7.